The number of fused-ring (bicyclic) bond motifs is 1. The van der Waals surface area contributed by atoms with Gasteiger partial charge in [0.1, 0.15) is 5.58 Å². The van der Waals surface area contributed by atoms with Gasteiger partial charge in [0.15, 0.2) is 0 Å². The standard InChI is InChI=1S/C20H21N3O3/c24-20(21-14-15-4-5-19-16(12-15)6-9-26-19)22-17-2-1-3-18(13-17)23-7-10-25-11-8-23/h1-6,9,12-13H,7-8,10-11,14H2,(H2,21,22,24). The average Bonchev–Trinajstić information content (AvgIpc) is 3.15. The van der Waals surface area contributed by atoms with Crippen molar-refractivity contribution < 1.29 is 13.9 Å². The minimum Gasteiger partial charge on any atom is -0.464 e. The number of urea groups is 1. The van der Waals surface area contributed by atoms with Crippen molar-refractivity contribution in [3.63, 3.8) is 0 Å². The van der Waals surface area contributed by atoms with Crippen molar-refractivity contribution >= 4 is 28.4 Å². The SMILES string of the molecule is O=C(NCc1ccc2occc2c1)Nc1cccc(N2CCOCC2)c1. The molecule has 0 bridgehead atoms. The lowest BCUT2D eigenvalue weighted by molar-refractivity contribution is 0.122. The number of anilines is 2. The van der Waals surface area contributed by atoms with Crippen molar-refractivity contribution in [3.8, 4) is 0 Å². The number of morpholine rings is 1. The Labute approximate surface area is 151 Å². The Morgan fingerprint density at radius 2 is 1.96 bits per heavy atom. The number of nitrogens with one attached hydrogen (secondary N) is 2. The van der Waals surface area contributed by atoms with Gasteiger partial charge >= 0.3 is 6.03 Å². The lowest BCUT2D eigenvalue weighted by Gasteiger charge is -2.29. The normalized spacial score (nSPS) is 14.4. The molecule has 2 aromatic carbocycles. The van der Waals surface area contributed by atoms with Crippen LogP contribution in [-0.2, 0) is 11.3 Å². The highest BCUT2D eigenvalue weighted by Crippen LogP contribution is 2.20. The molecule has 0 radical (unpaired) electrons. The Morgan fingerprint density at radius 1 is 1.08 bits per heavy atom. The van der Waals surface area contributed by atoms with E-state index < -0.39 is 0 Å². The van der Waals surface area contributed by atoms with Gasteiger partial charge in [-0.15, -0.1) is 0 Å². The van der Waals surface area contributed by atoms with E-state index in [1.807, 2.05) is 42.5 Å². The summed E-state index contributed by atoms with van der Waals surface area (Å²) in [5.41, 5.74) is 3.74. The molecule has 0 spiro atoms. The number of rotatable bonds is 4. The maximum atomic E-state index is 12.2. The zero-order valence-electron chi connectivity index (χ0n) is 14.4. The summed E-state index contributed by atoms with van der Waals surface area (Å²) >= 11 is 0. The van der Waals surface area contributed by atoms with E-state index >= 15 is 0 Å². The first kappa shape index (κ1) is 16.5. The number of furan rings is 1. The van der Waals surface area contributed by atoms with E-state index in [-0.39, 0.29) is 6.03 Å². The predicted octanol–water partition coefficient (Wildman–Crippen LogP) is 3.59. The Kier molecular flexibility index (Phi) is 4.75. The van der Waals surface area contributed by atoms with E-state index in [9.17, 15) is 4.79 Å². The molecule has 1 aromatic heterocycles. The molecule has 2 N–H and O–H groups in total. The van der Waals surface area contributed by atoms with Gasteiger partial charge in [-0.05, 0) is 42.0 Å². The van der Waals surface area contributed by atoms with Gasteiger partial charge in [0.05, 0.1) is 19.5 Å². The molecule has 1 fully saturated rings. The molecule has 0 unspecified atom stereocenters. The van der Waals surface area contributed by atoms with Crippen LogP contribution in [0.2, 0.25) is 0 Å². The third kappa shape index (κ3) is 3.81. The monoisotopic (exact) mass is 351 g/mol. The number of hydrogen-bond donors (Lipinski definition) is 2. The van der Waals surface area contributed by atoms with Crippen LogP contribution < -0.4 is 15.5 Å². The highest BCUT2D eigenvalue weighted by Gasteiger charge is 2.12. The molecule has 1 aliphatic rings. The van der Waals surface area contributed by atoms with Crippen LogP contribution in [0.25, 0.3) is 11.0 Å². The first-order valence-corrected chi connectivity index (χ1v) is 8.72. The first-order chi connectivity index (χ1) is 12.8. The predicted molar refractivity (Wildman–Crippen MR) is 102 cm³/mol. The first-order valence-electron chi connectivity index (χ1n) is 8.72. The zero-order valence-corrected chi connectivity index (χ0v) is 14.4. The highest BCUT2D eigenvalue weighted by molar-refractivity contribution is 5.90. The van der Waals surface area contributed by atoms with Crippen LogP contribution in [0.5, 0.6) is 0 Å². The van der Waals surface area contributed by atoms with Crippen LogP contribution in [0.4, 0.5) is 16.2 Å². The summed E-state index contributed by atoms with van der Waals surface area (Å²) in [5.74, 6) is 0. The summed E-state index contributed by atoms with van der Waals surface area (Å²) in [6.45, 7) is 3.66. The molecule has 0 aliphatic carbocycles. The zero-order chi connectivity index (χ0) is 17.8. The lowest BCUT2D eigenvalue weighted by atomic mass is 10.1. The summed E-state index contributed by atoms with van der Waals surface area (Å²) in [6.07, 6.45) is 1.66. The number of carbonyl (C=O) groups excluding carboxylic acids is 1. The van der Waals surface area contributed by atoms with Crippen molar-refractivity contribution in [1.29, 1.82) is 0 Å². The quantitative estimate of drug-likeness (QED) is 0.754. The molecule has 1 aliphatic heterocycles. The number of amides is 2. The molecular weight excluding hydrogens is 330 g/mol. The topological polar surface area (TPSA) is 66.7 Å². The van der Waals surface area contributed by atoms with E-state index in [4.69, 9.17) is 9.15 Å². The van der Waals surface area contributed by atoms with Crippen LogP contribution in [0.1, 0.15) is 5.56 Å². The molecule has 2 heterocycles. The molecule has 134 valence electrons. The molecule has 0 saturated carbocycles. The minimum absolute atomic E-state index is 0.226. The minimum atomic E-state index is -0.226. The summed E-state index contributed by atoms with van der Waals surface area (Å²) in [7, 11) is 0. The fraction of sp³-hybridized carbons (Fsp3) is 0.250. The van der Waals surface area contributed by atoms with E-state index in [0.29, 0.717) is 6.54 Å². The Balaban J connectivity index is 1.35. The van der Waals surface area contributed by atoms with Crippen molar-refractivity contribution in [2.24, 2.45) is 0 Å². The molecule has 3 aromatic rings. The maximum absolute atomic E-state index is 12.2. The molecule has 26 heavy (non-hydrogen) atoms. The molecule has 2 amide bonds. The van der Waals surface area contributed by atoms with Gasteiger partial charge in [0.2, 0.25) is 0 Å². The Morgan fingerprint density at radius 3 is 2.85 bits per heavy atom. The van der Waals surface area contributed by atoms with Crippen LogP contribution in [0, 0.1) is 0 Å². The summed E-state index contributed by atoms with van der Waals surface area (Å²) in [6, 6.07) is 15.4. The van der Waals surface area contributed by atoms with Gasteiger partial charge in [-0.2, -0.15) is 0 Å². The van der Waals surface area contributed by atoms with Gasteiger partial charge in [0.25, 0.3) is 0 Å². The van der Waals surface area contributed by atoms with Crippen LogP contribution >= 0.6 is 0 Å². The van der Waals surface area contributed by atoms with Gasteiger partial charge in [-0.1, -0.05) is 12.1 Å². The molecule has 6 nitrogen and oxygen atoms in total. The van der Waals surface area contributed by atoms with E-state index in [1.165, 1.54) is 0 Å². The third-order valence-electron chi connectivity index (χ3n) is 4.45. The van der Waals surface area contributed by atoms with Crippen molar-refractivity contribution in [1.82, 2.24) is 5.32 Å². The second-order valence-electron chi connectivity index (χ2n) is 6.25. The maximum Gasteiger partial charge on any atom is 0.319 e. The second-order valence-corrected chi connectivity index (χ2v) is 6.25. The van der Waals surface area contributed by atoms with Crippen molar-refractivity contribution in [2.75, 3.05) is 36.5 Å². The highest BCUT2D eigenvalue weighted by atomic mass is 16.5. The van der Waals surface area contributed by atoms with Gasteiger partial charge in [0, 0.05) is 36.4 Å². The van der Waals surface area contributed by atoms with Gasteiger partial charge < -0.3 is 24.7 Å². The van der Waals surface area contributed by atoms with Crippen LogP contribution in [0.15, 0.2) is 59.2 Å². The van der Waals surface area contributed by atoms with E-state index in [1.54, 1.807) is 6.26 Å². The molecule has 1 saturated heterocycles. The van der Waals surface area contributed by atoms with Crippen LogP contribution in [0.3, 0.4) is 0 Å². The number of hydrogen-bond acceptors (Lipinski definition) is 4. The number of carbonyl (C=O) groups is 1. The molecule has 4 rings (SSSR count). The van der Waals surface area contributed by atoms with Gasteiger partial charge in [-0.3, -0.25) is 0 Å². The van der Waals surface area contributed by atoms with E-state index in [0.717, 1.165) is 54.2 Å². The summed E-state index contributed by atoms with van der Waals surface area (Å²) in [4.78, 5) is 14.5. The van der Waals surface area contributed by atoms with Crippen molar-refractivity contribution in [2.45, 2.75) is 6.54 Å². The average molecular weight is 351 g/mol. The molecule has 0 atom stereocenters. The lowest BCUT2D eigenvalue weighted by Crippen LogP contribution is -2.36. The third-order valence-corrected chi connectivity index (χ3v) is 4.45. The second kappa shape index (κ2) is 7.49. The summed E-state index contributed by atoms with van der Waals surface area (Å²) in [5, 5.41) is 6.82. The largest absolute Gasteiger partial charge is 0.464 e. The van der Waals surface area contributed by atoms with Crippen molar-refractivity contribution in [3.05, 3.63) is 60.4 Å². The molecular formula is C20H21N3O3. The molecule has 6 heteroatoms. The number of benzene rings is 2. The summed E-state index contributed by atoms with van der Waals surface area (Å²) < 4.78 is 10.7. The Hall–Kier alpha value is -2.99. The number of nitrogens with zero attached hydrogens (tertiary/aromatic N) is 1. The fourth-order valence-electron chi connectivity index (χ4n) is 3.09. The van der Waals surface area contributed by atoms with Crippen LogP contribution in [-0.4, -0.2) is 32.3 Å². The van der Waals surface area contributed by atoms with Gasteiger partial charge in [-0.25, -0.2) is 4.79 Å². The smallest absolute Gasteiger partial charge is 0.319 e. The number of ether oxygens (including phenoxy) is 1. The fourth-order valence-corrected chi connectivity index (χ4v) is 3.09. The Bertz CT molecular complexity index is 900. The van der Waals surface area contributed by atoms with E-state index in [2.05, 4.69) is 21.6 Å².